The van der Waals surface area contributed by atoms with Crippen molar-refractivity contribution >= 4 is 17.9 Å². The molecule has 110 valence electrons. The number of hydrogen-bond acceptors (Lipinski definition) is 4. The van der Waals surface area contributed by atoms with Crippen molar-refractivity contribution in [2.24, 2.45) is 0 Å². The molecule has 8 nitrogen and oxygen atoms in total. The third-order valence-electron chi connectivity index (χ3n) is 0.930. The van der Waals surface area contributed by atoms with Crippen molar-refractivity contribution in [2.75, 3.05) is 0 Å². The summed E-state index contributed by atoms with van der Waals surface area (Å²) in [5, 5.41) is 22.8. The molecule has 0 saturated heterocycles. The first-order valence-electron chi connectivity index (χ1n) is 4.80. The maximum absolute atomic E-state index is 9.25. The Morgan fingerprint density at radius 2 is 1.20 bits per heavy atom. The van der Waals surface area contributed by atoms with Gasteiger partial charge in [0.05, 0.1) is 6.33 Å². The van der Waals surface area contributed by atoms with Gasteiger partial charge in [0, 0.05) is 30.6 Å². The number of H-pyrrole nitrogens is 1. The van der Waals surface area contributed by atoms with Crippen molar-refractivity contribution in [3.8, 4) is 0 Å². The van der Waals surface area contributed by atoms with Crippen molar-refractivity contribution in [1.29, 1.82) is 0 Å². The molecule has 0 unspecified atom stereocenters. The molecule has 20 heavy (non-hydrogen) atoms. The van der Waals surface area contributed by atoms with Crippen LogP contribution in [-0.2, 0) is 14.4 Å². The number of nitrogens with zero attached hydrogens (tertiary/aromatic N) is 1. The maximum Gasteiger partial charge on any atom is 0.327 e. The lowest BCUT2D eigenvalue weighted by Crippen LogP contribution is -1.82. The Morgan fingerprint density at radius 1 is 0.900 bits per heavy atom. The third-order valence-corrected chi connectivity index (χ3v) is 0.930. The van der Waals surface area contributed by atoms with E-state index in [1.807, 2.05) is 0 Å². The highest BCUT2D eigenvalue weighted by molar-refractivity contribution is 5.79. The van der Waals surface area contributed by atoms with E-state index in [-0.39, 0.29) is 0 Å². The van der Waals surface area contributed by atoms with E-state index in [1.165, 1.54) is 0 Å². The van der Waals surface area contributed by atoms with E-state index in [2.05, 4.69) is 29.7 Å². The minimum Gasteiger partial charge on any atom is -0.478 e. The van der Waals surface area contributed by atoms with E-state index < -0.39 is 17.9 Å². The quantitative estimate of drug-likeness (QED) is 0.610. The van der Waals surface area contributed by atoms with Crippen LogP contribution in [0.2, 0.25) is 0 Å². The smallest absolute Gasteiger partial charge is 0.327 e. The second-order valence-electron chi connectivity index (χ2n) is 2.39. The van der Waals surface area contributed by atoms with Crippen molar-refractivity contribution in [2.45, 2.75) is 0 Å². The average molecular weight is 284 g/mol. The molecule has 0 spiro atoms. The average Bonchev–Trinajstić information content (AvgIpc) is 2.99. The predicted octanol–water partition coefficient (Wildman–Crippen LogP) is 1.18. The zero-order chi connectivity index (χ0) is 16.4. The molecule has 1 heterocycles. The lowest BCUT2D eigenvalue weighted by atomic mass is 10.7. The minimum atomic E-state index is -0.981. The van der Waals surface area contributed by atoms with Crippen molar-refractivity contribution < 1.29 is 29.7 Å². The maximum atomic E-state index is 9.25. The zero-order valence-corrected chi connectivity index (χ0v) is 10.6. The Morgan fingerprint density at radius 3 is 1.25 bits per heavy atom. The topological polar surface area (TPSA) is 141 Å². The molecule has 4 N–H and O–H groups in total. The van der Waals surface area contributed by atoms with E-state index in [9.17, 15) is 14.4 Å². The first-order chi connectivity index (χ1) is 9.31. The summed E-state index contributed by atoms with van der Waals surface area (Å²) in [5.74, 6) is -2.94. The van der Waals surface area contributed by atoms with Crippen LogP contribution in [0.4, 0.5) is 0 Å². The lowest BCUT2D eigenvalue weighted by molar-refractivity contribution is -0.132. The first-order valence-corrected chi connectivity index (χ1v) is 4.80. The van der Waals surface area contributed by atoms with Crippen LogP contribution < -0.4 is 0 Å². The Labute approximate surface area is 115 Å². The number of imidazole rings is 1. The molecule has 8 heteroatoms. The molecule has 1 rings (SSSR count). The highest BCUT2D eigenvalue weighted by Crippen LogP contribution is 1.62. The Kier molecular flexibility index (Phi) is 20.1. The highest BCUT2D eigenvalue weighted by Gasteiger charge is 1.74. The molecule has 0 aliphatic rings. The van der Waals surface area contributed by atoms with Crippen molar-refractivity contribution in [3.05, 3.63) is 56.7 Å². The number of aromatic nitrogens is 2. The van der Waals surface area contributed by atoms with Crippen molar-refractivity contribution in [1.82, 2.24) is 9.97 Å². The van der Waals surface area contributed by atoms with Gasteiger partial charge in [-0.1, -0.05) is 19.7 Å². The molecule has 0 aromatic carbocycles. The fourth-order valence-electron chi connectivity index (χ4n) is 0.215. The predicted molar refractivity (Wildman–Crippen MR) is 72.1 cm³/mol. The van der Waals surface area contributed by atoms with Gasteiger partial charge >= 0.3 is 17.9 Å². The fourth-order valence-corrected chi connectivity index (χ4v) is 0.215. The van der Waals surface area contributed by atoms with Crippen LogP contribution >= 0.6 is 0 Å². The van der Waals surface area contributed by atoms with E-state index in [4.69, 9.17) is 15.3 Å². The highest BCUT2D eigenvalue weighted by atomic mass is 16.4. The summed E-state index contributed by atoms with van der Waals surface area (Å²) in [6.45, 7) is 8.88. The van der Waals surface area contributed by atoms with Gasteiger partial charge in [0.1, 0.15) is 0 Å². The molecule has 1 aromatic rings. The Hall–Kier alpha value is -3.16. The third kappa shape index (κ3) is 46.2. The molecule has 0 aliphatic carbocycles. The number of nitrogens with one attached hydrogen (secondary N) is 1. The van der Waals surface area contributed by atoms with Gasteiger partial charge in [-0.3, -0.25) is 0 Å². The molecule has 0 bridgehead atoms. The van der Waals surface area contributed by atoms with E-state index in [0.29, 0.717) is 0 Å². The molecule has 1 aromatic heterocycles. The van der Waals surface area contributed by atoms with Crippen molar-refractivity contribution in [3.63, 3.8) is 0 Å². The number of carboxylic acid groups (broad SMARTS) is 3. The standard InChI is InChI=1S/C3H4N2.3C3H4O2/c1-2-5-3-4-1;3*1-2-3(4)5/h1-3H,(H,4,5);3*2H,1H2,(H,4,5). The van der Waals surface area contributed by atoms with E-state index in [0.717, 1.165) is 18.2 Å². The van der Waals surface area contributed by atoms with Crippen LogP contribution in [0.3, 0.4) is 0 Å². The number of carboxylic acids is 3. The molecular formula is C12H16N2O6. The fraction of sp³-hybridized carbons (Fsp3) is 0. The van der Waals surface area contributed by atoms with Crippen LogP contribution in [0.25, 0.3) is 0 Å². The number of carbonyl (C=O) groups is 3. The normalized spacial score (nSPS) is 6.80. The molecule has 0 amide bonds. The van der Waals surface area contributed by atoms with Gasteiger partial charge in [0.25, 0.3) is 0 Å². The minimum absolute atomic E-state index is 0.833. The van der Waals surface area contributed by atoms with Gasteiger partial charge in [0.2, 0.25) is 0 Å². The molecule has 0 fully saturated rings. The van der Waals surface area contributed by atoms with E-state index in [1.54, 1.807) is 18.7 Å². The first kappa shape index (κ1) is 22.1. The number of aliphatic carboxylic acids is 3. The Bertz CT molecular complexity index is 352. The summed E-state index contributed by atoms with van der Waals surface area (Å²) in [4.78, 5) is 34.2. The zero-order valence-electron chi connectivity index (χ0n) is 10.6. The molecule has 0 aliphatic heterocycles. The summed E-state index contributed by atoms with van der Waals surface area (Å²) in [6.07, 6.45) is 7.58. The lowest BCUT2D eigenvalue weighted by Gasteiger charge is -1.64. The van der Waals surface area contributed by atoms with Crippen LogP contribution in [0.1, 0.15) is 0 Å². The number of aromatic amines is 1. The summed E-state index contributed by atoms with van der Waals surface area (Å²) in [7, 11) is 0. The number of rotatable bonds is 3. The van der Waals surface area contributed by atoms with Gasteiger partial charge < -0.3 is 20.3 Å². The summed E-state index contributed by atoms with van der Waals surface area (Å²) in [6, 6.07) is 0. The summed E-state index contributed by atoms with van der Waals surface area (Å²) < 4.78 is 0. The van der Waals surface area contributed by atoms with Crippen LogP contribution in [0.5, 0.6) is 0 Å². The largest absolute Gasteiger partial charge is 0.478 e. The second kappa shape index (κ2) is 18.2. The summed E-state index contributed by atoms with van der Waals surface area (Å²) in [5.41, 5.74) is 0. The molecule has 0 radical (unpaired) electrons. The van der Waals surface area contributed by atoms with Gasteiger partial charge in [-0.25, -0.2) is 19.4 Å². The van der Waals surface area contributed by atoms with Gasteiger partial charge in [-0.15, -0.1) is 0 Å². The van der Waals surface area contributed by atoms with E-state index >= 15 is 0 Å². The Balaban J connectivity index is -0.000000193. The van der Waals surface area contributed by atoms with Crippen LogP contribution in [-0.4, -0.2) is 43.2 Å². The molecule has 0 atom stereocenters. The van der Waals surface area contributed by atoms with Gasteiger partial charge in [-0.2, -0.15) is 0 Å². The van der Waals surface area contributed by atoms with Crippen LogP contribution in [0, 0.1) is 0 Å². The van der Waals surface area contributed by atoms with Gasteiger partial charge in [0.15, 0.2) is 0 Å². The SMILES string of the molecule is C=CC(=O)O.C=CC(=O)O.C=CC(=O)O.c1c[nH]cn1. The number of hydrogen-bond donors (Lipinski definition) is 4. The second-order valence-corrected chi connectivity index (χ2v) is 2.39. The molecule has 0 saturated carbocycles. The van der Waals surface area contributed by atoms with Crippen LogP contribution in [0.15, 0.2) is 56.7 Å². The summed E-state index contributed by atoms with van der Waals surface area (Å²) >= 11 is 0. The van der Waals surface area contributed by atoms with Gasteiger partial charge in [-0.05, 0) is 0 Å². The monoisotopic (exact) mass is 284 g/mol. The molecular weight excluding hydrogens is 268 g/mol.